The molecule has 16 heavy (non-hydrogen) atoms. The van der Waals surface area contributed by atoms with Crippen molar-refractivity contribution in [2.45, 2.75) is 20.4 Å². The van der Waals surface area contributed by atoms with Crippen LogP contribution < -0.4 is 0 Å². The number of aliphatic imine (C=N–C) groups is 1. The molecule has 4 heteroatoms. The van der Waals surface area contributed by atoms with Gasteiger partial charge >= 0.3 is 0 Å². The van der Waals surface area contributed by atoms with Crippen LogP contribution >= 0.6 is 0 Å². The van der Waals surface area contributed by atoms with Crippen LogP contribution in [-0.2, 0) is 6.54 Å². The molecule has 1 rings (SSSR count). The van der Waals surface area contributed by atoms with Crippen LogP contribution in [0.25, 0.3) is 0 Å². The maximum absolute atomic E-state index is 13.5. The zero-order valence-electron chi connectivity index (χ0n) is 9.66. The van der Waals surface area contributed by atoms with E-state index in [1.165, 1.54) is 6.07 Å². The molecule has 0 atom stereocenters. The van der Waals surface area contributed by atoms with Crippen molar-refractivity contribution in [2.75, 3.05) is 7.05 Å². The molecule has 3 nitrogen and oxygen atoms in total. The van der Waals surface area contributed by atoms with E-state index in [0.717, 1.165) is 5.56 Å². The van der Waals surface area contributed by atoms with Gasteiger partial charge in [-0.2, -0.15) is 10.3 Å². The molecule has 0 aliphatic rings. The second-order valence-corrected chi connectivity index (χ2v) is 3.71. The summed E-state index contributed by atoms with van der Waals surface area (Å²) in [6, 6.07) is 5.11. The van der Waals surface area contributed by atoms with E-state index in [1.54, 1.807) is 31.1 Å². The Bertz CT molecular complexity index is 446. The number of hydrogen-bond donors (Lipinski definition) is 0. The van der Waals surface area contributed by atoms with Crippen LogP contribution in [0.2, 0.25) is 0 Å². The van der Waals surface area contributed by atoms with Gasteiger partial charge in [-0.25, -0.2) is 4.39 Å². The number of rotatable bonds is 2. The Kier molecular flexibility index (Phi) is 4.01. The van der Waals surface area contributed by atoms with Crippen LogP contribution in [-0.4, -0.2) is 17.8 Å². The molecule has 0 saturated heterocycles. The highest BCUT2D eigenvalue weighted by molar-refractivity contribution is 5.80. The summed E-state index contributed by atoms with van der Waals surface area (Å²) < 4.78 is 13.5. The van der Waals surface area contributed by atoms with Crippen molar-refractivity contribution in [1.82, 2.24) is 4.90 Å². The number of benzene rings is 1. The Hall–Kier alpha value is -1.89. The van der Waals surface area contributed by atoms with Gasteiger partial charge in [0.1, 0.15) is 11.7 Å². The standard InChI is InChI=1S/C12H14FN3/c1-9-4-5-11(12(13)6-9)7-16(3)10(2)15-8-14/h4-6H,7H2,1-3H3. The Morgan fingerprint density at radius 1 is 1.56 bits per heavy atom. The summed E-state index contributed by atoms with van der Waals surface area (Å²) in [5.74, 6) is 0.346. The first-order valence-corrected chi connectivity index (χ1v) is 4.94. The smallest absolute Gasteiger partial charge is 0.207 e. The molecule has 0 bridgehead atoms. The van der Waals surface area contributed by atoms with Crippen molar-refractivity contribution in [3.05, 3.63) is 35.1 Å². The molecule has 0 aliphatic heterocycles. The second-order valence-electron chi connectivity index (χ2n) is 3.71. The van der Waals surface area contributed by atoms with Crippen LogP contribution in [0.3, 0.4) is 0 Å². The molecule has 0 N–H and O–H groups in total. The van der Waals surface area contributed by atoms with Crippen LogP contribution in [0.15, 0.2) is 23.2 Å². The fourth-order valence-electron chi connectivity index (χ4n) is 1.31. The zero-order chi connectivity index (χ0) is 12.1. The number of halogens is 1. The summed E-state index contributed by atoms with van der Waals surface area (Å²) in [7, 11) is 1.77. The Morgan fingerprint density at radius 3 is 2.81 bits per heavy atom. The van der Waals surface area contributed by atoms with Gasteiger partial charge in [0.2, 0.25) is 6.19 Å². The van der Waals surface area contributed by atoms with Crippen LogP contribution in [0, 0.1) is 24.2 Å². The molecule has 84 valence electrons. The molecule has 1 aromatic carbocycles. The lowest BCUT2D eigenvalue weighted by molar-refractivity contribution is 0.477. The van der Waals surface area contributed by atoms with E-state index < -0.39 is 0 Å². The van der Waals surface area contributed by atoms with Crippen molar-refractivity contribution in [3.8, 4) is 6.19 Å². The van der Waals surface area contributed by atoms with E-state index in [2.05, 4.69) is 4.99 Å². The molecule has 0 unspecified atom stereocenters. The predicted molar refractivity (Wildman–Crippen MR) is 61.3 cm³/mol. The first kappa shape index (κ1) is 12.2. The molecule has 0 aromatic heterocycles. The highest BCUT2D eigenvalue weighted by atomic mass is 19.1. The number of aryl methyl sites for hydroxylation is 1. The third-order valence-corrected chi connectivity index (χ3v) is 2.38. The third-order valence-electron chi connectivity index (χ3n) is 2.38. The van der Waals surface area contributed by atoms with Crippen molar-refractivity contribution in [3.63, 3.8) is 0 Å². The lowest BCUT2D eigenvalue weighted by Crippen LogP contribution is -2.23. The maximum atomic E-state index is 13.5. The summed E-state index contributed by atoms with van der Waals surface area (Å²) in [6.07, 6.45) is 1.71. The van der Waals surface area contributed by atoms with Crippen LogP contribution in [0.5, 0.6) is 0 Å². The first-order chi connectivity index (χ1) is 7.54. The lowest BCUT2D eigenvalue weighted by Gasteiger charge is -2.18. The fourth-order valence-corrected chi connectivity index (χ4v) is 1.31. The molecular weight excluding hydrogens is 205 g/mol. The van der Waals surface area contributed by atoms with Crippen LogP contribution in [0.4, 0.5) is 4.39 Å². The van der Waals surface area contributed by atoms with Gasteiger partial charge in [-0.3, -0.25) is 0 Å². The molecule has 0 radical (unpaired) electrons. The Balaban J connectivity index is 2.82. The summed E-state index contributed by atoms with van der Waals surface area (Å²) in [6.45, 7) is 3.97. The number of hydrogen-bond acceptors (Lipinski definition) is 2. The average Bonchev–Trinajstić information content (AvgIpc) is 2.22. The second kappa shape index (κ2) is 5.26. The van der Waals surface area contributed by atoms with Gasteiger partial charge in [-0.1, -0.05) is 12.1 Å². The van der Waals surface area contributed by atoms with Gasteiger partial charge in [0, 0.05) is 19.2 Å². The summed E-state index contributed by atoms with van der Waals surface area (Å²) in [5.41, 5.74) is 1.49. The van der Waals surface area contributed by atoms with Crippen molar-refractivity contribution < 1.29 is 4.39 Å². The molecule has 0 saturated carbocycles. The highest BCUT2D eigenvalue weighted by Gasteiger charge is 2.06. The molecule has 0 amide bonds. The van der Waals surface area contributed by atoms with Crippen molar-refractivity contribution >= 4 is 5.84 Å². The third kappa shape index (κ3) is 3.06. The van der Waals surface area contributed by atoms with E-state index >= 15 is 0 Å². The highest BCUT2D eigenvalue weighted by Crippen LogP contribution is 2.11. The monoisotopic (exact) mass is 219 g/mol. The summed E-state index contributed by atoms with van der Waals surface area (Å²) in [5, 5.41) is 8.40. The van der Waals surface area contributed by atoms with Gasteiger partial charge in [0.25, 0.3) is 0 Å². The van der Waals surface area contributed by atoms with Gasteiger partial charge in [-0.15, -0.1) is 0 Å². The van der Waals surface area contributed by atoms with Gasteiger partial charge in [-0.05, 0) is 25.5 Å². The van der Waals surface area contributed by atoms with E-state index in [0.29, 0.717) is 17.9 Å². The molecule has 0 aliphatic carbocycles. The van der Waals surface area contributed by atoms with Crippen molar-refractivity contribution in [2.24, 2.45) is 4.99 Å². The Morgan fingerprint density at radius 2 is 2.25 bits per heavy atom. The minimum absolute atomic E-state index is 0.225. The van der Waals surface area contributed by atoms with Gasteiger partial charge < -0.3 is 4.90 Å². The molecule has 0 fully saturated rings. The van der Waals surface area contributed by atoms with E-state index in [-0.39, 0.29) is 5.82 Å². The first-order valence-electron chi connectivity index (χ1n) is 4.94. The summed E-state index contributed by atoms with van der Waals surface area (Å²) in [4.78, 5) is 5.33. The fraction of sp³-hybridized carbons (Fsp3) is 0.333. The van der Waals surface area contributed by atoms with Crippen molar-refractivity contribution in [1.29, 1.82) is 5.26 Å². The van der Waals surface area contributed by atoms with Gasteiger partial charge in [0.05, 0.1) is 0 Å². The van der Waals surface area contributed by atoms with E-state index in [4.69, 9.17) is 5.26 Å². The quantitative estimate of drug-likeness (QED) is 0.435. The van der Waals surface area contributed by atoms with Crippen LogP contribution in [0.1, 0.15) is 18.1 Å². The number of amidine groups is 1. The molecule has 1 aromatic rings. The molecular formula is C12H14FN3. The molecule has 0 heterocycles. The largest absolute Gasteiger partial charge is 0.358 e. The van der Waals surface area contributed by atoms with Gasteiger partial charge in [0.15, 0.2) is 0 Å². The Labute approximate surface area is 94.8 Å². The summed E-state index contributed by atoms with van der Waals surface area (Å²) >= 11 is 0. The minimum atomic E-state index is -0.225. The lowest BCUT2D eigenvalue weighted by atomic mass is 10.1. The normalized spacial score (nSPS) is 11.1. The zero-order valence-corrected chi connectivity index (χ0v) is 9.66. The number of nitrogens with zero attached hydrogens (tertiary/aromatic N) is 3. The SMILES string of the molecule is CC(=NC#N)N(C)Cc1ccc(C)cc1F. The molecule has 0 spiro atoms. The van der Waals surface area contributed by atoms with E-state index in [9.17, 15) is 4.39 Å². The maximum Gasteiger partial charge on any atom is 0.207 e. The predicted octanol–water partition coefficient (Wildman–Crippen LogP) is 2.47. The minimum Gasteiger partial charge on any atom is -0.358 e. The topological polar surface area (TPSA) is 39.4 Å². The number of nitriles is 1. The average molecular weight is 219 g/mol. The van der Waals surface area contributed by atoms with E-state index in [1.807, 2.05) is 13.0 Å².